The molecule has 1 amide bonds. The van der Waals surface area contributed by atoms with Crippen LogP contribution in [0.4, 0.5) is 0 Å². The van der Waals surface area contributed by atoms with Gasteiger partial charge in [-0.25, -0.2) is 0 Å². The van der Waals surface area contributed by atoms with E-state index in [1.165, 1.54) is 0 Å². The molecule has 0 radical (unpaired) electrons. The molecule has 1 aromatic heterocycles. The minimum atomic E-state index is -0.358. The molecule has 0 saturated carbocycles. The van der Waals surface area contributed by atoms with Crippen molar-refractivity contribution >= 4 is 18.3 Å². The molecule has 2 N–H and O–H groups in total. The zero-order valence-electron chi connectivity index (χ0n) is 30.4. The minimum absolute atomic E-state index is 0.106. The fourth-order valence-electron chi connectivity index (χ4n) is 5.78. The van der Waals surface area contributed by atoms with E-state index in [1.54, 1.807) is 41.9 Å². The summed E-state index contributed by atoms with van der Waals surface area (Å²) in [5.74, 6) is 0.330. The van der Waals surface area contributed by atoms with Gasteiger partial charge in [-0.2, -0.15) is 0 Å². The Kier molecular flexibility index (Phi) is 9.83. The van der Waals surface area contributed by atoms with Gasteiger partial charge in [-0.05, 0) is 57.1 Å². The molecule has 0 unspecified atom stereocenters. The Hall–Kier alpha value is -4.00. The van der Waals surface area contributed by atoms with Gasteiger partial charge in [0.2, 0.25) is 0 Å². The van der Waals surface area contributed by atoms with Crippen LogP contribution < -0.4 is 0 Å². The fraction of sp³-hybridized carbons (Fsp3) is 0.500. The van der Waals surface area contributed by atoms with Crippen LogP contribution in [-0.2, 0) is 21.7 Å². The van der Waals surface area contributed by atoms with Crippen molar-refractivity contribution in [3.63, 3.8) is 0 Å². The number of aliphatic imine (C=N–C) groups is 2. The summed E-state index contributed by atoms with van der Waals surface area (Å²) in [6, 6.07) is 10.9. The second-order valence-electron chi connectivity index (χ2n) is 17.1. The number of hydrogen-bond acceptors (Lipinski definition) is 6. The average molecular weight is 639 g/mol. The molecule has 2 aromatic carbocycles. The number of benzene rings is 2. The van der Waals surface area contributed by atoms with Gasteiger partial charge in [0.25, 0.3) is 5.91 Å². The summed E-state index contributed by atoms with van der Waals surface area (Å²) < 4.78 is 0. The highest BCUT2D eigenvalue weighted by Gasteiger charge is 2.35. The number of carbonyl (C=O) groups excluding carboxylic acids is 1. The van der Waals surface area contributed by atoms with Crippen molar-refractivity contribution in [3.8, 4) is 11.5 Å². The number of phenols is 2. The maximum atomic E-state index is 13.5. The molecule has 47 heavy (non-hydrogen) atoms. The van der Waals surface area contributed by atoms with Gasteiger partial charge < -0.3 is 15.1 Å². The van der Waals surface area contributed by atoms with E-state index in [0.717, 1.165) is 22.3 Å². The molecular weight excluding hydrogens is 584 g/mol. The number of pyridine rings is 1. The molecule has 0 aliphatic carbocycles. The molecule has 1 saturated heterocycles. The molecule has 4 rings (SSSR count). The number of aromatic nitrogens is 1. The smallest absolute Gasteiger partial charge is 0.254 e. The highest BCUT2D eigenvalue weighted by atomic mass is 16.3. The van der Waals surface area contributed by atoms with Crippen LogP contribution in [0, 0.1) is 0 Å². The van der Waals surface area contributed by atoms with E-state index in [9.17, 15) is 15.0 Å². The van der Waals surface area contributed by atoms with Gasteiger partial charge >= 0.3 is 0 Å². The van der Waals surface area contributed by atoms with Crippen LogP contribution in [0.3, 0.4) is 0 Å². The Morgan fingerprint density at radius 2 is 1.06 bits per heavy atom. The zero-order valence-corrected chi connectivity index (χ0v) is 30.4. The van der Waals surface area contributed by atoms with E-state index in [1.807, 2.05) is 12.1 Å². The highest BCUT2D eigenvalue weighted by Crippen LogP contribution is 2.39. The maximum absolute atomic E-state index is 13.5. The number of aromatic hydroxyl groups is 2. The van der Waals surface area contributed by atoms with E-state index >= 15 is 0 Å². The summed E-state index contributed by atoms with van der Waals surface area (Å²) in [5, 5.41) is 22.8. The van der Waals surface area contributed by atoms with Crippen molar-refractivity contribution in [1.82, 2.24) is 9.88 Å². The first-order valence-electron chi connectivity index (χ1n) is 16.6. The van der Waals surface area contributed by atoms with Gasteiger partial charge in [0.15, 0.2) is 0 Å². The van der Waals surface area contributed by atoms with Crippen LogP contribution in [-0.4, -0.2) is 63.6 Å². The minimum Gasteiger partial charge on any atom is -0.507 e. The molecule has 1 aliphatic heterocycles. The van der Waals surface area contributed by atoms with Crippen molar-refractivity contribution in [2.75, 3.05) is 13.1 Å². The van der Waals surface area contributed by atoms with E-state index < -0.39 is 0 Å². The van der Waals surface area contributed by atoms with Crippen molar-refractivity contribution in [2.24, 2.45) is 9.98 Å². The van der Waals surface area contributed by atoms with E-state index in [4.69, 9.17) is 9.98 Å². The van der Waals surface area contributed by atoms with Crippen LogP contribution in [0.5, 0.6) is 11.5 Å². The Balaban J connectivity index is 1.78. The van der Waals surface area contributed by atoms with Gasteiger partial charge in [-0.3, -0.25) is 19.8 Å². The van der Waals surface area contributed by atoms with Crippen LogP contribution in [0.2, 0.25) is 0 Å². The van der Waals surface area contributed by atoms with E-state index in [0.29, 0.717) is 29.8 Å². The lowest BCUT2D eigenvalue weighted by atomic mass is 9.79. The van der Waals surface area contributed by atoms with Crippen LogP contribution in [0.15, 0.2) is 58.8 Å². The third-order valence-corrected chi connectivity index (χ3v) is 8.91. The van der Waals surface area contributed by atoms with Crippen LogP contribution >= 0.6 is 0 Å². The first-order valence-corrected chi connectivity index (χ1v) is 16.6. The van der Waals surface area contributed by atoms with Gasteiger partial charge in [0.05, 0.1) is 12.1 Å². The first kappa shape index (κ1) is 35.8. The summed E-state index contributed by atoms with van der Waals surface area (Å²) in [4.78, 5) is 29.3. The van der Waals surface area contributed by atoms with Crippen molar-refractivity contribution in [3.05, 3.63) is 87.7 Å². The molecular formula is C40H54N4O3. The fourth-order valence-corrected chi connectivity index (χ4v) is 5.78. The largest absolute Gasteiger partial charge is 0.507 e. The number of rotatable bonds is 5. The number of hydrogen-bond donors (Lipinski definition) is 2. The molecule has 0 bridgehead atoms. The molecule has 252 valence electrons. The SMILES string of the molecule is CC(C)(C)c1cc(C=N[C@@H]2CN(C(=O)c3ccncc3)C[C@H]2N=Cc2cc(C(C)(C)C)cc(C(C)(C)C)c2O)c(O)c(C(C)(C)C)c1. The molecule has 3 aromatic rings. The second-order valence-corrected chi connectivity index (χ2v) is 17.1. The van der Waals surface area contributed by atoms with Gasteiger partial charge in [0.1, 0.15) is 11.5 Å². The second kappa shape index (κ2) is 12.9. The van der Waals surface area contributed by atoms with Gasteiger partial charge in [-0.1, -0.05) is 95.2 Å². The number of nitrogens with zero attached hydrogens (tertiary/aromatic N) is 4. The van der Waals surface area contributed by atoms with Gasteiger partial charge in [0, 0.05) is 65.7 Å². The standard InChI is InChI=1S/C40H54N4O3/c1-37(2,3)28-17-26(34(45)30(19-28)39(7,8)9)21-42-32-23-44(36(47)25-13-15-41-16-14-25)24-33(32)43-22-27-18-29(38(4,5)6)20-31(35(27)46)40(10,11)12/h13-22,32-33,45-46H,23-24H2,1-12H3/t32-,33-/m1/s1. The summed E-state index contributed by atoms with van der Waals surface area (Å²) >= 11 is 0. The molecule has 2 atom stereocenters. The first-order chi connectivity index (χ1) is 21.6. The number of likely N-dealkylation sites (tertiary alicyclic amines) is 1. The third kappa shape index (κ3) is 8.30. The third-order valence-electron chi connectivity index (χ3n) is 8.91. The zero-order chi connectivity index (χ0) is 35.1. The molecule has 2 heterocycles. The lowest BCUT2D eigenvalue weighted by Gasteiger charge is -2.27. The predicted molar refractivity (Wildman–Crippen MR) is 194 cm³/mol. The topological polar surface area (TPSA) is 98.4 Å². The number of carbonyl (C=O) groups is 1. The van der Waals surface area contributed by atoms with Crippen LogP contribution in [0.25, 0.3) is 0 Å². The lowest BCUT2D eigenvalue weighted by molar-refractivity contribution is 0.0789. The Morgan fingerprint density at radius 1 is 0.681 bits per heavy atom. The normalized spacial score (nSPS) is 18.1. The highest BCUT2D eigenvalue weighted by molar-refractivity contribution is 5.94. The van der Waals surface area contributed by atoms with Crippen LogP contribution in [0.1, 0.15) is 127 Å². The Bertz CT molecular complexity index is 1560. The number of phenolic OH excluding ortho intramolecular Hbond substituents is 2. The molecule has 1 aliphatic rings. The van der Waals surface area contributed by atoms with Gasteiger partial charge in [-0.15, -0.1) is 0 Å². The summed E-state index contributed by atoms with van der Waals surface area (Å²) in [7, 11) is 0. The quantitative estimate of drug-likeness (QED) is 0.276. The van der Waals surface area contributed by atoms with Crippen molar-refractivity contribution < 1.29 is 15.0 Å². The molecule has 1 fully saturated rings. The molecule has 7 heteroatoms. The Labute approximate surface area is 281 Å². The lowest BCUT2D eigenvalue weighted by Crippen LogP contribution is -2.29. The predicted octanol–water partition coefficient (Wildman–Crippen LogP) is 8.11. The molecule has 0 spiro atoms. The number of amides is 1. The van der Waals surface area contributed by atoms with E-state index in [-0.39, 0.29) is 51.1 Å². The summed E-state index contributed by atoms with van der Waals surface area (Å²) in [5.41, 5.74) is 5.03. The van der Waals surface area contributed by atoms with E-state index in [2.05, 4.69) is 100 Å². The Morgan fingerprint density at radius 3 is 1.40 bits per heavy atom. The summed E-state index contributed by atoms with van der Waals surface area (Å²) in [6.45, 7) is 26.2. The van der Waals surface area contributed by atoms with Crippen molar-refractivity contribution in [2.45, 2.75) is 117 Å². The maximum Gasteiger partial charge on any atom is 0.254 e. The molecule has 7 nitrogen and oxygen atoms in total. The van der Waals surface area contributed by atoms with Crippen molar-refractivity contribution in [1.29, 1.82) is 0 Å². The monoisotopic (exact) mass is 638 g/mol. The summed E-state index contributed by atoms with van der Waals surface area (Å²) in [6.07, 6.45) is 6.71. The average Bonchev–Trinajstić information content (AvgIpc) is 3.36.